The fourth-order valence-electron chi connectivity index (χ4n) is 3.22. The standard InChI is InChI=1S/C18H26N2O3/c1-13-10-15(7-8-19-13)20-18(21)14-4-2-5-16(11-14)23-12-17-6-3-9-22-17/h2,4-5,11,13,15,17,19H,3,6-10,12H2,1H3,(H,20,21). The number of nitrogens with one attached hydrogen (secondary N) is 2. The second-order valence-corrected chi connectivity index (χ2v) is 6.52. The quantitative estimate of drug-likeness (QED) is 0.873. The van der Waals surface area contributed by atoms with Crippen LogP contribution in [-0.4, -0.2) is 43.9 Å². The summed E-state index contributed by atoms with van der Waals surface area (Å²) in [6.45, 7) is 4.48. The third kappa shape index (κ3) is 4.69. The lowest BCUT2D eigenvalue weighted by Crippen LogP contribution is -2.46. The number of benzene rings is 1. The summed E-state index contributed by atoms with van der Waals surface area (Å²) in [7, 11) is 0. The Kier molecular flexibility index (Phi) is 5.51. The Morgan fingerprint density at radius 3 is 3.13 bits per heavy atom. The Morgan fingerprint density at radius 2 is 2.35 bits per heavy atom. The van der Waals surface area contributed by atoms with E-state index in [1.54, 1.807) is 0 Å². The van der Waals surface area contributed by atoms with Gasteiger partial charge in [0, 0.05) is 24.3 Å². The van der Waals surface area contributed by atoms with Crippen molar-refractivity contribution < 1.29 is 14.3 Å². The van der Waals surface area contributed by atoms with Crippen molar-refractivity contribution >= 4 is 5.91 Å². The van der Waals surface area contributed by atoms with E-state index in [-0.39, 0.29) is 18.1 Å². The van der Waals surface area contributed by atoms with Gasteiger partial charge in [0.25, 0.3) is 5.91 Å². The van der Waals surface area contributed by atoms with E-state index in [9.17, 15) is 4.79 Å². The van der Waals surface area contributed by atoms with Crippen LogP contribution in [0.5, 0.6) is 5.75 Å². The van der Waals surface area contributed by atoms with Crippen LogP contribution in [0, 0.1) is 0 Å². The Labute approximate surface area is 137 Å². The highest BCUT2D eigenvalue weighted by molar-refractivity contribution is 5.94. The van der Waals surface area contributed by atoms with Gasteiger partial charge in [0.15, 0.2) is 0 Å². The van der Waals surface area contributed by atoms with Gasteiger partial charge in [0.2, 0.25) is 0 Å². The van der Waals surface area contributed by atoms with Gasteiger partial charge in [-0.1, -0.05) is 6.07 Å². The zero-order chi connectivity index (χ0) is 16.1. The molecule has 5 nitrogen and oxygen atoms in total. The number of carbonyl (C=O) groups excluding carboxylic acids is 1. The number of piperidine rings is 1. The van der Waals surface area contributed by atoms with Gasteiger partial charge in [0.05, 0.1) is 6.10 Å². The average molecular weight is 318 g/mol. The van der Waals surface area contributed by atoms with Gasteiger partial charge in [0.1, 0.15) is 12.4 Å². The molecule has 1 aromatic rings. The molecule has 5 heteroatoms. The summed E-state index contributed by atoms with van der Waals surface area (Å²) in [6, 6.07) is 8.10. The highest BCUT2D eigenvalue weighted by Gasteiger charge is 2.21. The lowest BCUT2D eigenvalue weighted by molar-refractivity contribution is 0.0679. The average Bonchev–Trinajstić information content (AvgIpc) is 3.07. The van der Waals surface area contributed by atoms with Crippen LogP contribution in [0.2, 0.25) is 0 Å². The molecule has 1 aromatic carbocycles. The summed E-state index contributed by atoms with van der Waals surface area (Å²) >= 11 is 0. The number of carbonyl (C=O) groups is 1. The van der Waals surface area contributed by atoms with E-state index in [4.69, 9.17) is 9.47 Å². The largest absolute Gasteiger partial charge is 0.491 e. The summed E-state index contributed by atoms with van der Waals surface area (Å²) in [4.78, 5) is 12.4. The van der Waals surface area contributed by atoms with E-state index in [1.807, 2.05) is 24.3 Å². The first kappa shape index (κ1) is 16.3. The molecule has 23 heavy (non-hydrogen) atoms. The molecule has 0 aromatic heterocycles. The Morgan fingerprint density at radius 1 is 1.43 bits per heavy atom. The highest BCUT2D eigenvalue weighted by atomic mass is 16.5. The zero-order valence-electron chi connectivity index (χ0n) is 13.7. The molecule has 0 aliphatic carbocycles. The topological polar surface area (TPSA) is 59.6 Å². The van der Waals surface area contributed by atoms with Crippen molar-refractivity contribution in [2.45, 2.75) is 50.8 Å². The van der Waals surface area contributed by atoms with E-state index in [0.717, 1.165) is 44.6 Å². The van der Waals surface area contributed by atoms with Crippen LogP contribution >= 0.6 is 0 Å². The number of amides is 1. The molecular formula is C18H26N2O3. The molecule has 0 saturated carbocycles. The number of hydrogen-bond donors (Lipinski definition) is 2. The minimum atomic E-state index is -0.0216. The van der Waals surface area contributed by atoms with Gasteiger partial charge in [-0.05, 0) is 57.4 Å². The molecule has 3 atom stereocenters. The Hall–Kier alpha value is -1.59. The lowest BCUT2D eigenvalue weighted by atomic mass is 10.0. The van der Waals surface area contributed by atoms with E-state index in [1.165, 1.54) is 0 Å². The molecule has 126 valence electrons. The van der Waals surface area contributed by atoms with Crippen molar-refractivity contribution in [2.75, 3.05) is 19.8 Å². The minimum absolute atomic E-state index is 0.0216. The van der Waals surface area contributed by atoms with Gasteiger partial charge >= 0.3 is 0 Å². The summed E-state index contributed by atoms with van der Waals surface area (Å²) < 4.78 is 11.3. The van der Waals surface area contributed by atoms with Crippen LogP contribution in [0.1, 0.15) is 43.0 Å². The van der Waals surface area contributed by atoms with Crippen molar-refractivity contribution in [3.8, 4) is 5.75 Å². The molecule has 2 aliphatic heterocycles. The Bertz CT molecular complexity index is 529. The highest BCUT2D eigenvalue weighted by Crippen LogP contribution is 2.18. The molecule has 2 saturated heterocycles. The first-order chi connectivity index (χ1) is 11.2. The first-order valence-electron chi connectivity index (χ1n) is 8.59. The molecule has 3 rings (SSSR count). The van der Waals surface area contributed by atoms with Gasteiger partial charge < -0.3 is 20.1 Å². The van der Waals surface area contributed by atoms with Crippen LogP contribution in [-0.2, 0) is 4.74 Å². The summed E-state index contributed by atoms with van der Waals surface area (Å²) in [6.07, 6.45) is 4.29. The van der Waals surface area contributed by atoms with Crippen molar-refractivity contribution in [1.82, 2.24) is 10.6 Å². The summed E-state index contributed by atoms with van der Waals surface area (Å²) in [5.74, 6) is 0.707. The van der Waals surface area contributed by atoms with Crippen molar-refractivity contribution in [3.05, 3.63) is 29.8 Å². The number of rotatable bonds is 5. The Balaban J connectivity index is 1.54. The molecule has 2 heterocycles. The van der Waals surface area contributed by atoms with Crippen molar-refractivity contribution in [2.24, 2.45) is 0 Å². The molecule has 2 fully saturated rings. The zero-order valence-corrected chi connectivity index (χ0v) is 13.7. The maximum Gasteiger partial charge on any atom is 0.251 e. The fraction of sp³-hybridized carbons (Fsp3) is 0.611. The molecule has 1 amide bonds. The van der Waals surface area contributed by atoms with E-state index in [0.29, 0.717) is 18.2 Å². The smallest absolute Gasteiger partial charge is 0.251 e. The molecular weight excluding hydrogens is 292 g/mol. The maximum atomic E-state index is 12.4. The normalized spacial score (nSPS) is 27.6. The maximum absolute atomic E-state index is 12.4. The van der Waals surface area contributed by atoms with Gasteiger partial charge in [-0.3, -0.25) is 4.79 Å². The molecule has 0 bridgehead atoms. The van der Waals surface area contributed by atoms with E-state index >= 15 is 0 Å². The predicted octanol–water partition coefficient (Wildman–Crippen LogP) is 2.11. The van der Waals surface area contributed by atoms with Crippen LogP contribution in [0.3, 0.4) is 0 Å². The molecule has 0 radical (unpaired) electrons. The second-order valence-electron chi connectivity index (χ2n) is 6.52. The van der Waals surface area contributed by atoms with Gasteiger partial charge in [-0.2, -0.15) is 0 Å². The minimum Gasteiger partial charge on any atom is -0.491 e. The van der Waals surface area contributed by atoms with Gasteiger partial charge in [-0.15, -0.1) is 0 Å². The van der Waals surface area contributed by atoms with Crippen LogP contribution in [0.15, 0.2) is 24.3 Å². The lowest BCUT2D eigenvalue weighted by Gasteiger charge is -2.28. The number of hydrogen-bond acceptors (Lipinski definition) is 4. The third-order valence-electron chi connectivity index (χ3n) is 4.51. The summed E-state index contributed by atoms with van der Waals surface area (Å²) in [5, 5.41) is 6.53. The third-order valence-corrected chi connectivity index (χ3v) is 4.51. The monoisotopic (exact) mass is 318 g/mol. The van der Waals surface area contributed by atoms with Crippen LogP contribution < -0.4 is 15.4 Å². The molecule has 2 aliphatic rings. The van der Waals surface area contributed by atoms with Crippen molar-refractivity contribution in [1.29, 1.82) is 0 Å². The first-order valence-corrected chi connectivity index (χ1v) is 8.59. The van der Waals surface area contributed by atoms with E-state index in [2.05, 4.69) is 17.6 Å². The molecule has 3 unspecified atom stereocenters. The van der Waals surface area contributed by atoms with Crippen molar-refractivity contribution in [3.63, 3.8) is 0 Å². The SMILES string of the molecule is CC1CC(NC(=O)c2cccc(OCC3CCCO3)c2)CCN1. The number of ether oxygens (including phenoxy) is 2. The summed E-state index contributed by atoms with van der Waals surface area (Å²) in [5.41, 5.74) is 0.654. The fourth-order valence-corrected chi connectivity index (χ4v) is 3.22. The van der Waals surface area contributed by atoms with Crippen LogP contribution in [0.4, 0.5) is 0 Å². The molecule has 0 spiro atoms. The van der Waals surface area contributed by atoms with Gasteiger partial charge in [-0.25, -0.2) is 0 Å². The van der Waals surface area contributed by atoms with E-state index < -0.39 is 0 Å². The molecule has 2 N–H and O–H groups in total. The van der Waals surface area contributed by atoms with Crippen LogP contribution in [0.25, 0.3) is 0 Å². The predicted molar refractivity (Wildman–Crippen MR) is 88.9 cm³/mol. The second kappa shape index (κ2) is 7.79.